The number of nitrogens with one attached hydrogen (secondary N) is 1. The molecule has 0 aliphatic carbocycles. The van der Waals surface area contributed by atoms with Gasteiger partial charge in [0.25, 0.3) is 5.91 Å². The highest BCUT2D eigenvalue weighted by Crippen LogP contribution is 2.28. The van der Waals surface area contributed by atoms with Crippen LogP contribution >= 0.6 is 11.6 Å². The molecule has 1 aromatic carbocycles. The molecule has 0 atom stereocenters. The number of sulfonamides is 1. The van der Waals surface area contributed by atoms with Gasteiger partial charge in [-0.25, -0.2) is 13.4 Å². The zero-order valence-corrected chi connectivity index (χ0v) is 17.2. The number of rotatable bonds is 4. The number of halogens is 1. The Kier molecular flexibility index (Phi) is 5.53. The smallest absolute Gasteiger partial charge is 0.256 e. The maximum absolute atomic E-state index is 13.1. The summed E-state index contributed by atoms with van der Waals surface area (Å²) in [4.78, 5) is 16.9. The first-order valence-electron chi connectivity index (χ1n) is 9.36. The molecule has 2 aromatic heterocycles. The van der Waals surface area contributed by atoms with E-state index >= 15 is 0 Å². The average molecular weight is 434 g/mol. The third-order valence-electron chi connectivity index (χ3n) is 4.91. The summed E-state index contributed by atoms with van der Waals surface area (Å²) in [6.45, 7) is 0.923. The van der Waals surface area contributed by atoms with E-state index < -0.39 is 15.9 Å². The second-order valence-electron chi connectivity index (χ2n) is 6.85. The van der Waals surface area contributed by atoms with Crippen LogP contribution in [0.15, 0.2) is 47.6 Å². The number of benzene rings is 1. The molecule has 0 unspecified atom stereocenters. The molecule has 1 fully saturated rings. The second kappa shape index (κ2) is 8.10. The van der Waals surface area contributed by atoms with Gasteiger partial charge in [-0.1, -0.05) is 24.4 Å². The zero-order valence-electron chi connectivity index (χ0n) is 15.6. The predicted octanol–water partition coefficient (Wildman–Crippen LogP) is 3.20. The van der Waals surface area contributed by atoms with Crippen molar-refractivity contribution in [2.24, 2.45) is 0 Å². The summed E-state index contributed by atoms with van der Waals surface area (Å²) < 4.78 is 29.2. The molecule has 3 heterocycles. The highest BCUT2D eigenvalue weighted by atomic mass is 35.5. The minimum absolute atomic E-state index is 0.0484. The van der Waals surface area contributed by atoms with E-state index in [9.17, 15) is 13.2 Å². The first-order chi connectivity index (χ1) is 14.0. The summed E-state index contributed by atoms with van der Waals surface area (Å²) >= 11 is 6.21. The first-order valence-corrected chi connectivity index (χ1v) is 11.2. The van der Waals surface area contributed by atoms with E-state index in [0.717, 1.165) is 25.7 Å². The van der Waals surface area contributed by atoms with Gasteiger partial charge in [0.05, 0.1) is 11.2 Å². The number of anilines is 1. The molecule has 0 saturated carbocycles. The normalized spacial score (nSPS) is 15.9. The van der Waals surface area contributed by atoms with Crippen LogP contribution in [0.4, 0.5) is 5.82 Å². The van der Waals surface area contributed by atoms with E-state index in [1.807, 2.05) is 0 Å². The Hall–Kier alpha value is -2.49. The van der Waals surface area contributed by atoms with E-state index in [2.05, 4.69) is 15.4 Å². The fourth-order valence-corrected chi connectivity index (χ4v) is 5.40. The number of fused-ring (bicyclic) bond motifs is 1. The Labute approximate surface area is 173 Å². The van der Waals surface area contributed by atoms with E-state index in [-0.39, 0.29) is 15.5 Å². The summed E-state index contributed by atoms with van der Waals surface area (Å²) in [6, 6.07) is 7.60. The first kappa shape index (κ1) is 19.8. The SMILES string of the molecule is O=C(Nc1ccnc2ccnn12)c1ccc(Cl)c(S(=O)(=O)N2CCCCCC2)c1. The van der Waals surface area contributed by atoms with Crippen molar-refractivity contribution in [2.75, 3.05) is 18.4 Å². The number of carbonyl (C=O) groups is 1. The molecular weight excluding hydrogens is 414 g/mol. The van der Waals surface area contributed by atoms with Gasteiger partial charge in [-0.3, -0.25) is 4.79 Å². The molecule has 1 N–H and O–H groups in total. The minimum Gasteiger partial charge on any atom is -0.306 e. The quantitative estimate of drug-likeness (QED) is 0.681. The molecule has 1 amide bonds. The topological polar surface area (TPSA) is 96.7 Å². The van der Waals surface area contributed by atoms with Crippen LogP contribution in [0.1, 0.15) is 36.0 Å². The van der Waals surface area contributed by atoms with E-state index in [1.54, 1.807) is 24.5 Å². The van der Waals surface area contributed by atoms with E-state index in [4.69, 9.17) is 11.6 Å². The molecule has 1 aliphatic heterocycles. The summed E-state index contributed by atoms with van der Waals surface area (Å²) in [5, 5.41) is 6.97. The van der Waals surface area contributed by atoms with Crippen LogP contribution in [-0.4, -0.2) is 46.3 Å². The largest absolute Gasteiger partial charge is 0.306 e. The van der Waals surface area contributed by atoms with Crippen LogP contribution in [0.2, 0.25) is 5.02 Å². The van der Waals surface area contributed by atoms with Crippen molar-refractivity contribution in [1.29, 1.82) is 0 Å². The van der Waals surface area contributed by atoms with Crippen molar-refractivity contribution in [3.8, 4) is 0 Å². The Morgan fingerprint density at radius 1 is 1.03 bits per heavy atom. The summed E-state index contributed by atoms with van der Waals surface area (Å²) in [5.41, 5.74) is 0.781. The Balaban J connectivity index is 1.64. The molecule has 3 aromatic rings. The molecule has 152 valence electrons. The molecule has 0 bridgehead atoms. The maximum atomic E-state index is 13.1. The molecule has 10 heteroatoms. The standard InChI is InChI=1S/C19H20ClN5O3S/c20-15-6-5-14(13-16(15)29(27,28)24-11-3-1-2-4-12-24)19(26)23-18-7-9-21-17-8-10-22-25(17)18/h5-10,13H,1-4,11-12H2,(H,23,26). The van der Waals surface area contributed by atoms with Crippen LogP contribution in [-0.2, 0) is 10.0 Å². The Morgan fingerprint density at radius 3 is 2.55 bits per heavy atom. The monoisotopic (exact) mass is 433 g/mol. The molecule has 29 heavy (non-hydrogen) atoms. The van der Waals surface area contributed by atoms with Crippen LogP contribution in [0.25, 0.3) is 5.65 Å². The maximum Gasteiger partial charge on any atom is 0.256 e. The van der Waals surface area contributed by atoms with Crippen molar-refractivity contribution >= 4 is 39.0 Å². The van der Waals surface area contributed by atoms with Gasteiger partial charge < -0.3 is 5.32 Å². The van der Waals surface area contributed by atoms with Gasteiger partial charge >= 0.3 is 0 Å². The zero-order chi connectivity index (χ0) is 20.4. The third-order valence-corrected chi connectivity index (χ3v) is 7.29. The molecule has 0 radical (unpaired) electrons. The van der Waals surface area contributed by atoms with Crippen LogP contribution in [0.3, 0.4) is 0 Å². The number of nitrogens with zero attached hydrogens (tertiary/aromatic N) is 4. The Morgan fingerprint density at radius 2 is 1.79 bits per heavy atom. The lowest BCUT2D eigenvalue weighted by Gasteiger charge is -2.21. The van der Waals surface area contributed by atoms with Crippen molar-refractivity contribution in [2.45, 2.75) is 30.6 Å². The molecule has 1 saturated heterocycles. The number of amides is 1. The molecule has 0 spiro atoms. The lowest BCUT2D eigenvalue weighted by atomic mass is 10.2. The van der Waals surface area contributed by atoms with Gasteiger partial charge in [-0.2, -0.15) is 13.9 Å². The van der Waals surface area contributed by atoms with Crippen LogP contribution in [0, 0.1) is 0 Å². The third kappa shape index (κ3) is 3.98. The molecule has 4 rings (SSSR count). The lowest BCUT2D eigenvalue weighted by molar-refractivity contribution is 0.102. The van der Waals surface area contributed by atoms with E-state index in [0.29, 0.717) is 24.6 Å². The highest BCUT2D eigenvalue weighted by molar-refractivity contribution is 7.89. The molecule has 1 aliphatic rings. The van der Waals surface area contributed by atoms with Crippen molar-refractivity contribution in [3.05, 3.63) is 53.3 Å². The van der Waals surface area contributed by atoms with Crippen molar-refractivity contribution < 1.29 is 13.2 Å². The van der Waals surface area contributed by atoms with Crippen molar-refractivity contribution in [1.82, 2.24) is 18.9 Å². The molecule has 8 nitrogen and oxygen atoms in total. The molecular formula is C19H20ClN5O3S. The lowest BCUT2D eigenvalue weighted by Crippen LogP contribution is -2.32. The van der Waals surface area contributed by atoms with Crippen LogP contribution in [0.5, 0.6) is 0 Å². The predicted molar refractivity (Wildman–Crippen MR) is 110 cm³/mol. The van der Waals surface area contributed by atoms with Crippen molar-refractivity contribution in [3.63, 3.8) is 0 Å². The second-order valence-corrected chi connectivity index (χ2v) is 9.16. The summed E-state index contributed by atoms with van der Waals surface area (Å²) in [7, 11) is -3.78. The number of hydrogen-bond donors (Lipinski definition) is 1. The fraction of sp³-hybridized carbons (Fsp3) is 0.316. The van der Waals surface area contributed by atoms with Crippen LogP contribution < -0.4 is 5.32 Å². The summed E-state index contributed by atoms with van der Waals surface area (Å²) in [6.07, 6.45) is 6.79. The van der Waals surface area contributed by atoms with Gasteiger partial charge in [-0.15, -0.1) is 0 Å². The summed E-state index contributed by atoms with van der Waals surface area (Å²) in [5.74, 6) is -0.0335. The Bertz CT molecular complexity index is 1150. The van der Waals surface area contributed by atoms with E-state index in [1.165, 1.54) is 27.0 Å². The van der Waals surface area contributed by atoms with Gasteiger partial charge in [-0.05, 0) is 37.1 Å². The number of carbonyl (C=O) groups excluding carboxylic acids is 1. The average Bonchev–Trinajstić information content (AvgIpc) is 3.02. The highest BCUT2D eigenvalue weighted by Gasteiger charge is 2.28. The minimum atomic E-state index is -3.78. The number of aromatic nitrogens is 3. The van der Waals surface area contributed by atoms with Gasteiger partial charge in [0.15, 0.2) is 5.65 Å². The van der Waals surface area contributed by atoms with Gasteiger partial charge in [0.2, 0.25) is 10.0 Å². The van der Waals surface area contributed by atoms with Gasteiger partial charge in [0, 0.05) is 30.9 Å². The number of hydrogen-bond acceptors (Lipinski definition) is 5. The van der Waals surface area contributed by atoms with Gasteiger partial charge in [0.1, 0.15) is 10.7 Å². The fourth-order valence-electron chi connectivity index (χ4n) is 3.38.